The van der Waals surface area contributed by atoms with Crippen LogP contribution in [-0.4, -0.2) is 26.7 Å². The predicted octanol–water partition coefficient (Wildman–Crippen LogP) is 2.58. The number of aromatic nitrogens is 3. The van der Waals surface area contributed by atoms with E-state index in [1.54, 1.807) is 0 Å². The number of benzene rings is 1. The third-order valence-corrected chi connectivity index (χ3v) is 4.18. The Morgan fingerprint density at radius 1 is 1.37 bits per heavy atom. The molecule has 0 bridgehead atoms. The van der Waals surface area contributed by atoms with E-state index in [1.165, 1.54) is 29.3 Å². The second-order valence-corrected chi connectivity index (χ2v) is 5.69. The number of rotatable bonds is 4. The normalized spacial score (nSPS) is 13.5. The molecule has 0 radical (unpaired) electrons. The van der Waals surface area contributed by atoms with Gasteiger partial charge in [0, 0.05) is 5.56 Å². The smallest absolute Gasteiger partial charge is 0.208 e. The summed E-state index contributed by atoms with van der Waals surface area (Å²) in [5.74, 6) is 1.30. The molecule has 5 heteroatoms. The third-order valence-electron chi connectivity index (χ3n) is 3.33. The van der Waals surface area contributed by atoms with Crippen molar-refractivity contribution in [1.82, 2.24) is 15.2 Å². The van der Waals surface area contributed by atoms with Gasteiger partial charge in [-0.2, -0.15) is 0 Å². The second kappa shape index (κ2) is 5.17. The van der Waals surface area contributed by atoms with Crippen LogP contribution in [-0.2, 0) is 12.8 Å². The van der Waals surface area contributed by atoms with Gasteiger partial charge < -0.3 is 0 Å². The lowest BCUT2D eigenvalue weighted by molar-refractivity contribution is 0.102. The maximum atomic E-state index is 12.1. The van der Waals surface area contributed by atoms with Gasteiger partial charge in [-0.1, -0.05) is 23.9 Å². The average Bonchev–Trinajstić information content (AvgIpc) is 3.03. The second-order valence-electron chi connectivity index (χ2n) is 4.75. The van der Waals surface area contributed by atoms with Crippen LogP contribution < -0.4 is 0 Å². The fourth-order valence-electron chi connectivity index (χ4n) is 2.35. The number of nitrogens with one attached hydrogen (secondary N) is 1. The molecule has 98 valence electrons. The van der Waals surface area contributed by atoms with Crippen LogP contribution in [0.4, 0.5) is 0 Å². The summed E-state index contributed by atoms with van der Waals surface area (Å²) in [5.41, 5.74) is 3.54. The van der Waals surface area contributed by atoms with Gasteiger partial charge in [-0.25, -0.2) is 4.98 Å². The third kappa shape index (κ3) is 2.71. The van der Waals surface area contributed by atoms with Crippen LogP contribution in [0.25, 0.3) is 0 Å². The van der Waals surface area contributed by atoms with E-state index in [-0.39, 0.29) is 5.78 Å². The molecule has 19 heavy (non-hydrogen) atoms. The molecule has 4 nitrogen and oxygen atoms in total. The minimum absolute atomic E-state index is 0.141. The van der Waals surface area contributed by atoms with Crippen molar-refractivity contribution in [2.75, 3.05) is 5.75 Å². The van der Waals surface area contributed by atoms with E-state index in [4.69, 9.17) is 0 Å². The molecule has 1 N–H and O–H groups in total. The molecule has 0 saturated heterocycles. The highest BCUT2D eigenvalue weighted by Crippen LogP contribution is 2.24. The van der Waals surface area contributed by atoms with Gasteiger partial charge in [0.2, 0.25) is 5.16 Å². The zero-order valence-electron chi connectivity index (χ0n) is 10.8. The number of carbonyl (C=O) groups is 1. The van der Waals surface area contributed by atoms with Crippen molar-refractivity contribution in [3.8, 4) is 0 Å². The molecule has 0 amide bonds. The number of hydrogen-bond acceptors (Lipinski definition) is 4. The van der Waals surface area contributed by atoms with Crippen molar-refractivity contribution >= 4 is 17.5 Å². The summed E-state index contributed by atoms with van der Waals surface area (Å²) < 4.78 is 0. The van der Waals surface area contributed by atoms with Crippen LogP contribution in [0.3, 0.4) is 0 Å². The Morgan fingerprint density at radius 3 is 3.00 bits per heavy atom. The van der Waals surface area contributed by atoms with Crippen molar-refractivity contribution in [2.24, 2.45) is 0 Å². The number of carbonyl (C=O) groups excluding carboxylic acids is 1. The van der Waals surface area contributed by atoms with E-state index in [0.29, 0.717) is 10.9 Å². The molecule has 0 spiro atoms. The maximum Gasteiger partial charge on any atom is 0.208 e. The van der Waals surface area contributed by atoms with Crippen LogP contribution >= 0.6 is 11.8 Å². The quantitative estimate of drug-likeness (QED) is 0.687. The predicted molar refractivity (Wildman–Crippen MR) is 74.6 cm³/mol. The molecule has 0 aliphatic heterocycles. The van der Waals surface area contributed by atoms with E-state index >= 15 is 0 Å². The Hall–Kier alpha value is -1.62. The van der Waals surface area contributed by atoms with Gasteiger partial charge in [-0.3, -0.25) is 9.89 Å². The van der Waals surface area contributed by atoms with Gasteiger partial charge in [-0.15, -0.1) is 5.10 Å². The van der Waals surface area contributed by atoms with Crippen LogP contribution in [0.5, 0.6) is 0 Å². The number of hydrogen-bond donors (Lipinski definition) is 1. The average molecular weight is 273 g/mol. The lowest BCUT2D eigenvalue weighted by Crippen LogP contribution is -2.03. The summed E-state index contributed by atoms with van der Waals surface area (Å²) in [6, 6.07) is 6.09. The van der Waals surface area contributed by atoms with Crippen molar-refractivity contribution in [3.63, 3.8) is 0 Å². The molecular formula is C14H15N3OS. The lowest BCUT2D eigenvalue weighted by Gasteiger charge is -2.03. The first-order valence-corrected chi connectivity index (χ1v) is 7.38. The fourth-order valence-corrected chi connectivity index (χ4v) is 3.08. The minimum Gasteiger partial charge on any atom is -0.293 e. The Bertz CT molecular complexity index is 621. The SMILES string of the molecule is Cc1nc(SCC(=O)c2ccc3c(c2)CCC3)n[nH]1. The van der Waals surface area contributed by atoms with Gasteiger partial charge in [0.1, 0.15) is 5.82 Å². The summed E-state index contributed by atoms with van der Waals surface area (Å²) in [4.78, 5) is 16.3. The van der Waals surface area contributed by atoms with E-state index in [0.717, 1.165) is 24.2 Å². The molecule has 1 aromatic carbocycles. The molecule has 1 aliphatic rings. The van der Waals surface area contributed by atoms with Crippen LogP contribution in [0, 0.1) is 6.92 Å². The monoisotopic (exact) mass is 273 g/mol. The van der Waals surface area contributed by atoms with E-state index in [1.807, 2.05) is 13.0 Å². The first kappa shape index (κ1) is 12.4. The largest absolute Gasteiger partial charge is 0.293 e. The van der Waals surface area contributed by atoms with E-state index < -0.39 is 0 Å². The Balaban J connectivity index is 1.67. The van der Waals surface area contributed by atoms with E-state index in [9.17, 15) is 4.79 Å². The minimum atomic E-state index is 0.141. The summed E-state index contributed by atoms with van der Waals surface area (Å²) in [7, 11) is 0. The molecule has 0 atom stereocenters. The van der Waals surface area contributed by atoms with Gasteiger partial charge in [0.05, 0.1) is 5.75 Å². The lowest BCUT2D eigenvalue weighted by atomic mass is 10.0. The zero-order chi connectivity index (χ0) is 13.2. The standard InChI is InChI=1S/C14H15N3OS/c1-9-15-14(17-16-9)19-8-13(18)12-6-5-10-3-2-4-11(10)7-12/h5-7H,2-4,8H2,1H3,(H,15,16,17). The molecule has 1 aromatic heterocycles. The molecule has 2 aromatic rings. The summed E-state index contributed by atoms with van der Waals surface area (Å²) >= 11 is 1.37. The van der Waals surface area contributed by atoms with Crippen molar-refractivity contribution in [3.05, 3.63) is 40.7 Å². The zero-order valence-corrected chi connectivity index (χ0v) is 11.6. The van der Waals surface area contributed by atoms with Gasteiger partial charge in [0.15, 0.2) is 5.78 Å². The molecule has 1 heterocycles. The summed E-state index contributed by atoms with van der Waals surface area (Å²) in [6.45, 7) is 1.85. The molecule has 0 unspecified atom stereocenters. The van der Waals surface area contributed by atoms with E-state index in [2.05, 4.69) is 27.3 Å². The van der Waals surface area contributed by atoms with Gasteiger partial charge in [-0.05, 0) is 43.4 Å². The Kier molecular flexibility index (Phi) is 3.38. The number of nitrogens with zero attached hydrogens (tertiary/aromatic N) is 2. The highest BCUT2D eigenvalue weighted by Gasteiger charge is 2.14. The highest BCUT2D eigenvalue weighted by atomic mass is 32.2. The van der Waals surface area contributed by atoms with Crippen molar-refractivity contribution < 1.29 is 4.79 Å². The number of Topliss-reactive ketones (excluding diaryl/α,β-unsaturated/α-hetero) is 1. The number of aromatic amines is 1. The number of fused-ring (bicyclic) bond motifs is 1. The Morgan fingerprint density at radius 2 is 2.21 bits per heavy atom. The maximum absolute atomic E-state index is 12.1. The summed E-state index contributed by atoms with van der Waals surface area (Å²) in [5, 5.41) is 7.42. The van der Waals surface area contributed by atoms with Gasteiger partial charge in [0.25, 0.3) is 0 Å². The molecule has 3 rings (SSSR count). The van der Waals surface area contributed by atoms with Gasteiger partial charge >= 0.3 is 0 Å². The first-order valence-electron chi connectivity index (χ1n) is 6.39. The topological polar surface area (TPSA) is 58.6 Å². The molecule has 0 fully saturated rings. The van der Waals surface area contributed by atoms with Crippen molar-refractivity contribution in [1.29, 1.82) is 0 Å². The molecule has 0 saturated carbocycles. The molecule has 1 aliphatic carbocycles. The number of aryl methyl sites for hydroxylation is 3. The highest BCUT2D eigenvalue weighted by molar-refractivity contribution is 7.99. The Labute approximate surface area is 116 Å². The summed E-state index contributed by atoms with van der Waals surface area (Å²) in [6.07, 6.45) is 3.46. The van der Waals surface area contributed by atoms with Crippen LogP contribution in [0.15, 0.2) is 23.4 Å². The van der Waals surface area contributed by atoms with Crippen LogP contribution in [0.1, 0.15) is 33.7 Å². The number of ketones is 1. The van der Waals surface area contributed by atoms with Crippen LogP contribution in [0.2, 0.25) is 0 Å². The van der Waals surface area contributed by atoms with Crippen molar-refractivity contribution in [2.45, 2.75) is 31.3 Å². The number of thioether (sulfide) groups is 1. The first-order chi connectivity index (χ1) is 9.22. The number of H-pyrrole nitrogens is 1. The molecular weight excluding hydrogens is 258 g/mol. The fraction of sp³-hybridized carbons (Fsp3) is 0.357.